The van der Waals surface area contributed by atoms with Crippen molar-refractivity contribution in [2.24, 2.45) is 0 Å². The van der Waals surface area contributed by atoms with Crippen LogP contribution < -0.4 is 0 Å². The smallest absolute Gasteiger partial charge is 0.0180 e. The molecule has 18 heavy (non-hydrogen) atoms. The van der Waals surface area contributed by atoms with Crippen LogP contribution in [-0.4, -0.2) is 0 Å². The van der Waals surface area contributed by atoms with Gasteiger partial charge in [-0.3, -0.25) is 0 Å². The third-order valence-corrected chi connectivity index (χ3v) is 3.82. The zero-order valence-electron chi connectivity index (χ0n) is 11.4. The number of hydrogen-bond donors (Lipinski definition) is 0. The molecule has 0 aliphatic heterocycles. The molecule has 2 aromatic carbocycles. The molecule has 2 aromatic rings. The van der Waals surface area contributed by atoms with Crippen molar-refractivity contribution in [3.63, 3.8) is 0 Å². The van der Waals surface area contributed by atoms with Gasteiger partial charge < -0.3 is 0 Å². The van der Waals surface area contributed by atoms with Gasteiger partial charge in [0.25, 0.3) is 0 Å². The first-order chi connectivity index (χ1) is 8.49. The van der Waals surface area contributed by atoms with E-state index in [-0.39, 0.29) is 0 Å². The molecule has 0 heterocycles. The summed E-state index contributed by atoms with van der Waals surface area (Å²) < 4.78 is 1.15. The van der Waals surface area contributed by atoms with E-state index in [0.717, 1.165) is 4.47 Å². The standard InChI is InChI=1S/C17H19Br/c1-11(2)14-5-7-15(8-6-14)17-12(3)9-16(18)10-13(17)4/h5-11H,1-4H3. The van der Waals surface area contributed by atoms with Crippen molar-refractivity contribution in [2.45, 2.75) is 33.6 Å². The summed E-state index contributed by atoms with van der Waals surface area (Å²) in [7, 11) is 0. The third-order valence-electron chi connectivity index (χ3n) is 3.36. The predicted molar refractivity (Wildman–Crippen MR) is 83.1 cm³/mol. The number of aryl methyl sites for hydroxylation is 2. The van der Waals surface area contributed by atoms with Gasteiger partial charge in [0.2, 0.25) is 0 Å². The Hall–Kier alpha value is -1.08. The van der Waals surface area contributed by atoms with Crippen molar-refractivity contribution in [1.82, 2.24) is 0 Å². The summed E-state index contributed by atoms with van der Waals surface area (Å²) in [6, 6.07) is 13.3. The number of benzene rings is 2. The minimum atomic E-state index is 0.589. The third kappa shape index (κ3) is 2.67. The quantitative estimate of drug-likeness (QED) is 0.652. The summed E-state index contributed by atoms with van der Waals surface area (Å²) in [4.78, 5) is 0. The summed E-state index contributed by atoms with van der Waals surface area (Å²) in [6.45, 7) is 8.79. The maximum absolute atomic E-state index is 3.55. The van der Waals surface area contributed by atoms with Crippen LogP contribution >= 0.6 is 15.9 Å². The van der Waals surface area contributed by atoms with E-state index in [1.54, 1.807) is 0 Å². The fourth-order valence-corrected chi connectivity index (χ4v) is 3.09. The van der Waals surface area contributed by atoms with Gasteiger partial charge in [0.1, 0.15) is 0 Å². The van der Waals surface area contributed by atoms with Crippen molar-refractivity contribution < 1.29 is 0 Å². The lowest BCUT2D eigenvalue weighted by molar-refractivity contribution is 0.867. The highest BCUT2D eigenvalue weighted by molar-refractivity contribution is 9.10. The molecule has 0 saturated carbocycles. The minimum absolute atomic E-state index is 0.589. The van der Waals surface area contributed by atoms with Gasteiger partial charge in [0.05, 0.1) is 0 Å². The maximum atomic E-state index is 3.55. The van der Waals surface area contributed by atoms with Crippen molar-refractivity contribution in [3.8, 4) is 11.1 Å². The average molecular weight is 303 g/mol. The van der Waals surface area contributed by atoms with Gasteiger partial charge in [-0.15, -0.1) is 0 Å². The van der Waals surface area contributed by atoms with E-state index in [1.807, 2.05) is 0 Å². The summed E-state index contributed by atoms with van der Waals surface area (Å²) in [5.74, 6) is 0.589. The number of hydrogen-bond acceptors (Lipinski definition) is 0. The molecule has 0 aliphatic carbocycles. The van der Waals surface area contributed by atoms with E-state index in [2.05, 4.69) is 80.0 Å². The van der Waals surface area contributed by atoms with Crippen molar-refractivity contribution in [2.75, 3.05) is 0 Å². The second kappa shape index (κ2) is 5.27. The minimum Gasteiger partial charge on any atom is -0.0587 e. The molecule has 0 N–H and O–H groups in total. The Balaban J connectivity index is 2.49. The zero-order valence-corrected chi connectivity index (χ0v) is 13.0. The first kappa shape index (κ1) is 13.4. The highest BCUT2D eigenvalue weighted by Gasteiger charge is 2.07. The molecule has 0 unspecified atom stereocenters. The zero-order chi connectivity index (χ0) is 13.3. The van der Waals surface area contributed by atoms with E-state index in [4.69, 9.17) is 0 Å². The van der Waals surface area contributed by atoms with E-state index >= 15 is 0 Å². The molecular formula is C17H19Br. The highest BCUT2D eigenvalue weighted by Crippen LogP contribution is 2.31. The Bertz CT molecular complexity index is 527. The Kier molecular flexibility index (Phi) is 3.91. The summed E-state index contributed by atoms with van der Waals surface area (Å²) in [5, 5.41) is 0. The largest absolute Gasteiger partial charge is 0.0587 e. The lowest BCUT2D eigenvalue weighted by atomic mass is 9.93. The molecular weight excluding hydrogens is 284 g/mol. The second-order valence-electron chi connectivity index (χ2n) is 5.19. The van der Waals surface area contributed by atoms with Gasteiger partial charge in [0.15, 0.2) is 0 Å². The van der Waals surface area contributed by atoms with Crippen molar-refractivity contribution in [3.05, 3.63) is 57.6 Å². The SMILES string of the molecule is Cc1cc(Br)cc(C)c1-c1ccc(C(C)C)cc1. The molecule has 0 bridgehead atoms. The Morgan fingerprint density at radius 1 is 0.889 bits per heavy atom. The van der Waals surface area contributed by atoms with Crippen LogP contribution in [0.3, 0.4) is 0 Å². The molecule has 0 fully saturated rings. The molecule has 0 spiro atoms. The van der Waals surface area contributed by atoms with Gasteiger partial charge >= 0.3 is 0 Å². The average Bonchev–Trinajstić information content (AvgIpc) is 2.28. The normalized spacial score (nSPS) is 11.0. The number of rotatable bonds is 2. The van der Waals surface area contributed by atoms with Gasteiger partial charge in [0, 0.05) is 4.47 Å². The van der Waals surface area contributed by atoms with Crippen LogP contribution in [0.4, 0.5) is 0 Å². The monoisotopic (exact) mass is 302 g/mol. The molecule has 0 amide bonds. The maximum Gasteiger partial charge on any atom is 0.0180 e. The molecule has 0 atom stereocenters. The van der Waals surface area contributed by atoms with Crippen LogP contribution in [0.15, 0.2) is 40.9 Å². The lowest BCUT2D eigenvalue weighted by Crippen LogP contribution is -1.91. The molecule has 0 nitrogen and oxygen atoms in total. The van der Waals surface area contributed by atoms with E-state index in [9.17, 15) is 0 Å². The summed E-state index contributed by atoms with van der Waals surface area (Å²) in [5.41, 5.74) is 6.69. The van der Waals surface area contributed by atoms with Gasteiger partial charge in [-0.2, -0.15) is 0 Å². The summed E-state index contributed by atoms with van der Waals surface area (Å²) in [6.07, 6.45) is 0. The molecule has 1 heteroatoms. The van der Waals surface area contributed by atoms with Crippen LogP contribution in [0.5, 0.6) is 0 Å². The molecule has 94 valence electrons. The first-order valence-electron chi connectivity index (χ1n) is 6.36. The topological polar surface area (TPSA) is 0 Å². The van der Waals surface area contributed by atoms with Gasteiger partial charge in [-0.25, -0.2) is 0 Å². The van der Waals surface area contributed by atoms with Crippen molar-refractivity contribution >= 4 is 15.9 Å². The van der Waals surface area contributed by atoms with Crippen LogP contribution in [0.1, 0.15) is 36.5 Å². The van der Waals surface area contributed by atoms with E-state index in [1.165, 1.54) is 27.8 Å². The fraction of sp³-hybridized carbons (Fsp3) is 0.294. The molecule has 2 rings (SSSR count). The molecule has 0 saturated heterocycles. The van der Waals surface area contributed by atoms with E-state index < -0.39 is 0 Å². The lowest BCUT2D eigenvalue weighted by Gasteiger charge is -2.12. The Morgan fingerprint density at radius 2 is 1.39 bits per heavy atom. The van der Waals surface area contributed by atoms with Crippen molar-refractivity contribution in [1.29, 1.82) is 0 Å². The van der Waals surface area contributed by atoms with Gasteiger partial charge in [-0.1, -0.05) is 54.0 Å². The Morgan fingerprint density at radius 3 is 1.83 bits per heavy atom. The first-order valence-corrected chi connectivity index (χ1v) is 7.15. The molecule has 0 radical (unpaired) electrons. The van der Waals surface area contributed by atoms with E-state index in [0.29, 0.717) is 5.92 Å². The van der Waals surface area contributed by atoms with Crippen LogP contribution in [0, 0.1) is 13.8 Å². The Labute approximate surface area is 118 Å². The fourth-order valence-electron chi connectivity index (χ4n) is 2.40. The molecule has 0 aliphatic rings. The van der Waals surface area contributed by atoms with Crippen LogP contribution in [0.25, 0.3) is 11.1 Å². The van der Waals surface area contributed by atoms with Crippen LogP contribution in [-0.2, 0) is 0 Å². The summed E-state index contributed by atoms with van der Waals surface area (Å²) >= 11 is 3.55. The molecule has 0 aromatic heterocycles. The van der Waals surface area contributed by atoms with Crippen LogP contribution in [0.2, 0.25) is 0 Å². The van der Waals surface area contributed by atoms with Gasteiger partial charge in [-0.05, 0) is 59.7 Å². The predicted octanol–water partition coefficient (Wildman–Crippen LogP) is 5.86. The number of halogens is 1. The highest BCUT2D eigenvalue weighted by atomic mass is 79.9. The second-order valence-corrected chi connectivity index (χ2v) is 6.11.